The van der Waals surface area contributed by atoms with Crippen LogP contribution < -0.4 is 11.1 Å². The fourth-order valence-electron chi connectivity index (χ4n) is 3.51. The quantitative estimate of drug-likeness (QED) is 0.735. The van der Waals surface area contributed by atoms with Gasteiger partial charge in [0.25, 0.3) is 0 Å². The van der Waals surface area contributed by atoms with E-state index in [2.05, 4.69) is 5.32 Å². The monoisotopic (exact) mass is 381 g/mol. The molecule has 1 fully saturated rings. The van der Waals surface area contributed by atoms with Crippen molar-refractivity contribution in [2.75, 3.05) is 26.2 Å². The van der Waals surface area contributed by atoms with Crippen molar-refractivity contribution in [2.24, 2.45) is 11.7 Å². The normalized spacial score (nSPS) is 16.7. The van der Waals surface area contributed by atoms with Crippen LogP contribution in [0.2, 0.25) is 0 Å². The number of nitrogens with two attached hydrogens (primary N) is 1. The molecule has 7 heteroatoms. The van der Waals surface area contributed by atoms with Gasteiger partial charge in [0.05, 0.1) is 4.90 Å². The van der Waals surface area contributed by atoms with Crippen molar-refractivity contribution >= 4 is 15.9 Å². The summed E-state index contributed by atoms with van der Waals surface area (Å²) in [6, 6.07) is 2.03. The Labute approximate surface area is 157 Å². The van der Waals surface area contributed by atoms with Gasteiger partial charge in [-0.15, -0.1) is 0 Å². The maximum absolute atomic E-state index is 13.2. The Kier molecular flexibility index (Phi) is 6.82. The van der Waals surface area contributed by atoms with Gasteiger partial charge in [0.1, 0.15) is 0 Å². The number of nitrogens with zero attached hydrogens (tertiary/aromatic N) is 1. The van der Waals surface area contributed by atoms with Crippen LogP contribution in [0.25, 0.3) is 0 Å². The summed E-state index contributed by atoms with van der Waals surface area (Å²) in [5.74, 6) is -0.116. The Morgan fingerprint density at radius 3 is 2.19 bits per heavy atom. The molecular formula is C19H31N3O3S. The van der Waals surface area contributed by atoms with Gasteiger partial charge >= 0.3 is 0 Å². The van der Waals surface area contributed by atoms with Crippen molar-refractivity contribution in [2.45, 2.75) is 51.9 Å². The van der Waals surface area contributed by atoms with Crippen molar-refractivity contribution in [3.8, 4) is 0 Å². The van der Waals surface area contributed by atoms with Crippen LogP contribution in [0.3, 0.4) is 0 Å². The Morgan fingerprint density at radius 1 is 1.15 bits per heavy atom. The zero-order valence-electron chi connectivity index (χ0n) is 16.3. The summed E-state index contributed by atoms with van der Waals surface area (Å²) in [5.41, 5.74) is 9.04. The molecule has 1 aromatic rings. The van der Waals surface area contributed by atoms with Gasteiger partial charge in [-0.25, -0.2) is 8.42 Å². The van der Waals surface area contributed by atoms with E-state index in [1.807, 2.05) is 33.8 Å². The molecule has 6 nitrogen and oxygen atoms in total. The van der Waals surface area contributed by atoms with Gasteiger partial charge in [-0.05, 0) is 75.8 Å². The molecule has 3 N–H and O–H groups in total. The number of nitrogens with one attached hydrogen (secondary N) is 1. The average Bonchev–Trinajstić information content (AvgIpc) is 2.60. The van der Waals surface area contributed by atoms with Gasteiger partial charge in [0.2, 0.25) is 15.9 Å². The first-order valence-electron chi connectivity index (χ1n) is 9.25. The first-order valence-corrected chi connectivity index (χ1v) is 10.7. The first-order chi connectivity index (χ1) is 12.2. The van der Waals surface area contributed by atoms with Gasteiger partial charge in [0.15, 0.2) is 0 Å². The zero-order chi connectivity index (χ0) is 19.5. The average molecular weight is 382 g/mol. The van der Waals surface area contributed by atoms with Gasteiger partial charge in [-0.1, -0.05) is 6.07 Å². The topological polar surface area (TPSA) is 92.5 Å². The molecule has 1 aromatic carbocycles. The molecular weight excluding hydrogens is 350 g/mol. The highest BCUT2D eigenvalue weighted by Crippen LogP contribution is 2.31. The molecule has 0 atom stereocenters. The van der Waals surface area contributed by atoms with E-state index in [-0.39, 0.29) is 11.8 Å². The summed E-state index contributed by atoms with van der Waals surface area (Å²) in [5, 5.41) is 2.88. The van der Waals surface area contributed by atoms with Crippen LogP contribution in [-0.4, -0.2) is 44.8 Å². The van der Waals surface area contributed by atoms with E-state index in [1.165, 1.54) is 4.31 Å². The molecule has 1 aliphatic rings. The summed E-state index contributed by atoms with van der Waals surface area (Å²) in [7, 11) is -3.55. The lowest BCUT2D eigenvalue weighted by Crippen LogP contribution is -2.43. The van der Waals surface area contributed by atoms with Crippen LogP contribution in [-0.2, 0) is 14.8 Å². The van der Waals surface area contributed by atoms with Crippen LogP contribution >= 0.6 is 0 Å². The highest BCUT2D eigenvalue weighted by Gasteiger charge is 2.34. The number of piperidine rings is 1. The van der Waals surface area contributed by atoms with Crippen LogP contribution in [0, 0.1) is 33.6 Å². The second-order valence-electron chi connectivity index (χ2n) is 7.20. The van der Waals surface area contributed by atoms with Crippen LogP contribution in [0.4, 0.5) is 0 Å². The van der Waals surface area contributed by atoms with Gasteiger partial charge < -0.3 is 11.1 Å². The van der Waals surface area contributed by atoms with Crippen molar-refractivity contribution in [1.29, 1.82) is 0 Å². The molecule has 26 heavy (non-hydrogen) atoms. The number of aryl methyl sites for hydroxylation is 2. The standard InChI is InChI=1S/C19H31N3O3S/c1-13-12-14(2)16(4)18(15(13)3)26(24,25)22-10-6-17(7-11-22)19(23)21-9-5-8-20/h12,17H,5-11,20H2,1-4H3,(H,21,23). The van der Waals surface area contributed by atoms with E-state index >= 15 is 0 Å². The Hall–Kier alpha value is -1.44. The van der Waals surface area contributed by atoms with Crippen molar-refractivity contribution in [1.82, 2.24) is 9.62 Å². The van der Waals surface area contributed by atoms with Gasteiger partial charge in [-0.3, -0.25) is 4.79 Å². The molecule has 1 amide bonds. The highest BCUT2D eigenvalue weighted by molar-refractivity contribution is 7.89. The van der Waals surface area contributed by atoms with E-state index < -0.39 is 10.0 Å². The number of amides is 1. The largest absolute Gasteiger partial charge is 0.356 e. The smallest absolute Gasteiger partial charge is 0.243 e. The molecule has 2 rings (SSSR count). The first kappa shape index (κ1) is 20.9. The third-order valence-electron chi connectivity index (χ3n) is 5.40. The highest BCUT2D eigenvalue weighted by atomic mass is 32.2. The number of carbonyl (C=O) groups excluding carboxylic acids is 1. The van der Waals surface area contributed by atoms with Crippen LogP contribution in [0.15, 0.2) is 11.0 Å². The third-order valence-corrected chi connectivity index (χ3v) is 7.57. The minimum Gasteiger partial charge on any atom is -0.356 e. The summed E-state index contributed by atoms with van der Waals surface area (Å²) < 4.78 is 28.0. The maximum Gasteiger partial charge on any atom is 0.243 e. The molecule has 0 spiro atoms. The number of benzene rings is 1. The minimum absolute atomic E-state index is 0.00857. The van der Waals surface area contributed by atoms with E-state index in [0.29, 0.717) is 43.9 Å². The van der Waals surface area contributed by atoms with E-state index in [1.54, 1.807) is 0 Å². The second-order valence-corrected chi connectivity index (χ2v) is 9.08. The van der Waals surface area contributed by atoms with Gasteiger partial charge in [-0.2, -0.15) is 4.31 Å². The number of hydrogen-bond donors (Lipinski definition) is 2. The van der Waals surface area contributed by atoms with Crippen LogP contribution in [0.5, 0.6) is 0 Å². The van der Waals surface area contributed by atoms with Crippen LogP contribution in [0.1, 0.15) is 41.5 Å². The molecule has 0 unspecified atom stereocenters. The van der Waals surface area contributed by atoms with E-state index in [9.17, 15) is 13.2 Å². The molecule has 0 bridgehead atoms. The second kappa shape index (κ2) is 8.50. The number of carbonyl (C=O) groups is 1. The molecule has 1 heterocycles. The molecule has 1 saturated heterocycles. The number of hydrogen-bond acceptors (Lipinski definition) is 4. The van der Waals surface area contributed by atoms with E-state index in [4.69, 9.17) is 5.73 Å². The fourth-order valence-corrected chi connectivity index (χ4v) is 5.56. The number of rotatable bonds is 6. The lowest BCUT2D eigenvalue weighted by Gasteiger charge is -2.31. The van der Waals surface area contributed by atoms with E-state index in [0.717, 1.165) is 28.7 Å². The predicted octanol–water partition coefficient (Wildman–Crippen LogP) is 1.79. The molecule has 0 saturated carbocycles. The minimum atomic E-state index is -3.55. The fraction of sp³-hybridized carbons (Fsp3) is 0.632. The Balaban J connectivity index is 2.13. The lowest BCUT2D eigenvalue weighted by atomic mass is 9.97. The summed E-state index contributed by atoms with van der Waals surface area (Å²) in [4.78, 5) is 12.6. The SMILES string of the molecule is Cc1cc(C)c(C)c(S(=O)(=O)N2CCC(C(=O)NCCCN)CC2)c1C. The Morgan fingerprint density at radius 2 is 1.69 bits per heavy atom. The molecule has 1 aliphatic heterocycles. The van der Waals surface area contributed by atoms with Gasteiger partial charge in [0, 0.05) is 25.6 Å². The summed E-state index contributed by atoms with van der Waals surface area (Å²) in [6.45, 7) is 9.50. The zero-order valence-corrected chi connectivity index (χ0v) is 17.1. The summed E-state index contributed by atoms with van der Waals surface area (Å²) in [6.07, 6.45) is 1.86. The molecule has 0 aliphatic carbocycles. The number of sulfonamides is 1. The van der Waals surface area contributed by atoms with Crippen molar-refractivity contribution < 1.29 is 13.2 Å². The summed E-state index contributed by atoms with van der Waals surface area (Å²) >= 11 is 0. The van der Waals surface area contributed by atoms with Crippen molar-refractivity contribution in [3.05, 3.63) is 28.3 Å². The lowest BCUT2D eigenvalue weighted by molar-refractivity contribution is -0.126. The molecule has 146 valence electrons. The maximum atomic E-state index is 13.2. The third kappa shape index (κ3) is 4.27. The predicted molar refractivity (Wildman–Crippen MR) is 104 cm³/mol. The Bertz CT molecular complexity index is 740. The van der Waals surface area contributed by atoms with Crippen molar-refractivity contribution in [3.63, 3.8) is 0 Å². The molecule has 0 aromatic heterocycles. The molecule has 0 radical (unpaired) electrons.